The van der Waals surface area contributed by atoms with Crippen molar-refractivity contribution in [3.63, 3.8) is 0 Å². The minimum Gasteiger partial charge on any atom is -0.426 e. The third-order valence-electron chi connectivity index (χ3n) is 8.41. The average molecular weight is 520 g/mol. The molecule has 3 nitrogen and oxygen atoms in total. The number of benzene rings is 1. The van der Waals surface area contributed by atoms with Crippen LogP contribution in [0.1, 0.15) is 135 Å². The van der Waals surface area contributed by atoms with Crippen molar-refractivity contribution in [2.24, 2.45) is 11.8 Å². The summed E-state index contributed by atoms with van der Waals surface area (Å²) >= 11 is 0. The monoisotopic (exact) mass is 519 g/mol. The van der Waals surface area contributed by atoms with Crippen molar-refractivity contribution in [3.8, 4) is 17.0 Å². The van der Waals surface area contributed by atoms with Gasteiger partial charge in [0.05, 0.1) is 11.6 Å². The quantitative estimate of drug-likeness (QED) is 0.112. The fraction of sp³-hybridized carbons (Fsp3) is 0.657. The number of rotatable bonds is 18. The highest BCUT2D eigenvalue weighted by Crippen LogP contribution is 2.33. The second kappa shape index (κ2) is 18.2. The van der Waals surface area contributed by atoms with Crippen molar-refractivity contribution >= 4 is 5.97 Å². The summed E-state index contributed by atoms with van der Waals surface area (Å²) in [6, 6.07) is 12.2. The SMILES string of the molecule is CCCCCCCCCc1ccc(-c2ccc(OC(=O)C3CCC(CCCCCCCC)CC3)cc2)nc1. The number of aryl methyl sites for hydroxylation is 1. The molecule has 3 heteroatoms. The summed E-state index contributed by atoms with van der Waals surface area (Å²) in [7, 11) is 0. The number of carbonyl (C=O) groups is 1. The van der Waals surface area contributed by atoms with E-state index >= 15 is 0 Å². The second-order valence-electron chi connectivity index (χ2n) is 11.6. The molecule has 0 spiro atoms. The smallest absolute Gasteiger partial charge is 0.314 e. The van der Waals surface area contributed by atoms with Gasteiger partial charge in [-0.15, -0.1) is 0 Å². The molecule has 0 atom stereocenters. The van der Waals surface area contributed by atoms with Gasteiger partial charge >= 0.3 is 5.97 Å². The Morgan fingerprint density at radius 1 is 0.737 bits per heavy atom. The van der Waals surface area contributed by atoms with E-state index < -0.39 is 0 Å². The third kappa shape index (κ3) is 11.3. The van der Waals surface area contributed by atoms with Gasteiger partial charge in [-0.05, 0) is 80.3 Å². The Labute approximate surface area is 233 Å². The molecule has 2 aromatic rings. The van der Waals surface area contributed by atoms with Crippen molar-refractivity contribution in [1.82, 2.24) is 4.98 Å². The van der Waals surface area contributed by atoms with Gasteiger partial charge in [-0.3, -0.25) is 9.78 Å². The minimum atomic E-state index is -0.0522. The van der Waals surface area contributed by atoms with Gasteiger partial charge in [-0.1, -0.05) is 103 Å². The molecule has 0 unspecified atom stereocenters. The first-order valence-electron chi connectivity index (χ1n) is 16.0. The van der Waals surface area contributed by atoms with Crippen LogP contribution < -0.4 is 4.74 Å². The van der Waals surface area contributed by atoms with Gasteiger partial charge < -0.3 is 4.74 Å². The van der Waals surface area contributed by atoms with Crippen molar-refractivity contribution in [2.45, 2.75) is 136 Å². The Kier molecular flexibility index (Phi) is 14.5. The molecule has 0 aliphatic heterocycles. The number of pyridine rings is 1. The van der Waals surface area contributed by atoms with E-state index in [2.05, 4.69) is 26.0 Å². The van der Waals surface area contributed by atoms with Crippen LogP contribution in [0.2, 0.25) is 0 Å². The number of hydrogen-bond donors (Lipinski definition) is 0. The zero-order valence-electron chi connectivity index (χ0n) is 24.4. The highest BCUT2D eigenvalue weighted by molar-refractivity contribution is 5.75. The molecule has 0 bridgehead atoms. The maximum atomic E-state index is 12.8. The third-order valence-corrected chi connectivity index (χ3v) is 8.41. The first kappa shape index (κ1) is 30.4. The summed E-state index contributed by atoms with van der Waals surface area (Å²) in [6.45, 7) is 4.54. The Bertz CT molecular complexity index is 881. The van der Waals surface area contributed by atoms with E-state index in [4.69, 9.17) is 9.72 Å². The van der Waals surface area contributed by atoms with Crippen LogP contribution in [0.3, 0.4) is 0 Å². The summed E-state index contributed by atoms with van der Waals surface area (Å²) in [4.78, 5) is 17.5. The van der Waals surface area contributed by atoms with Crippen molar-refractivity contribution in [2.75, 3.05) is 0 Å². The first-order valence-corrected chi connectivity index (χ1v) is 16.0. The largest absolute Gasteiger partial charge is 0.426 e. The molecule has 38 heavy (non-hydrogen) atoms. The van der Waals surface area contributed by atoms with E-state index in [-0.39, 0.29) is 11.9 Å². The predicted octanol–water partition coefficient (Wildman–Crippen LogP) is 10.5. The molecule has 3 rings (SSSR count). The molecule has 0 amide bonds. The van der Waals surface area contributed by atoms with Crippen LogP contribution in [0, 0.1) is 11.8 Å². The summed E-state index contributed by atoms with van der Waals surface area (Å²) < 4.78 is 5.76. The van der Waals surface area contributed by atoms with E-state index in [1.165, 1.54) is 108 Å². The van der Waals surface area contributed by atoms with Crippen molar-refractivity contribution < 1.29 is 9.53 Å². The Balaban J connectivity index is 1.34. The standard InChI is InChI=1S/C35H53NO2/c1-3-5-7-9-11-13-15-17-30-20-27-34(36-28-30)31-23-25-33(26-24-31)38-35(37)32-21-18-29(19-22-32)16-14-12-10-8-6-4-2/h20,23-29,32H,3-19,21-22H2,1-2H3. The fourth-order valence-electron chi connectivity index (χ4n) is 5.82. The molecule has 0 N–H and O–H groups in total. The topological polar surface area (TPSA) is 39.2 Å². The van der Waals surface area contributed by atoms with E-state index in [1.807, 2.05) is 30.5 Å². The zero-order valence-corrected chi connectivity index (χ0v) is 24.4. The Hall–Kier alpha value is -2.16. The maximum absolute atomic E-state index is 12.8. The number of unbranched alkanes of at least 4 members (excludes halogenated alkanes) is 11. The van der Waals surface area contributed by atoms with Crippen LogP contribution in [0.15, 0.2) is 42.6 Å². The number of carbonyl (C=O) groups excluding carboxylic acids is 1. The van der Waals surface area contributed by atoms with E-state index in [0.29, 0.717) is 5.75 Å². The number of hydrogen-bond acceptors (Lipinski definition) is 3. The van der Waals surface area contributed by atoms with Crippen molar-refractivity contribution in [1.29, 1.82) is 0 Å². The lowest BCUT2D eigenvalue weighted by Crippen LogP contribution is -2.25. The molecule has 210 valence electrons. The molecule has 1 aliphatic rings. The first-order chi connectivity index (χ1) is 18.7. The molecule has 1 aromatic heterocycles. The average Bonchev–Trinajstić information content (AvgIpc) is 2.95. The number of ether oxygens (including phenoxy) is 1. The molecule has 1 fully saturated rings. The van der Waals surface area contributed by atoms with Crippen LogP contribution in [0.25, 0.3) is 11.3 Å². The van der Waals surface area contributed by atoms with E-state index in [0.717, 1.165) is 36.4 Å². The highest BCUT2D eigenvalue weighted by atomic mass is 16.5. The maximum Gasteiger partial charge on any atom is 0.314 e. The second-order valence-corrected chi connectivity index (χ2v) is 11.6. The van der Waals surface area contributed by atoms with Crippen LogP contribution in [0.4, 0.5) is 0 Å². The zero-order chi connectivity index (χ0) is 26.8. The van der Waals surface area contributed by atoms with Gasteiger partial charge in [-0.25, -0.2) is 0 Å². The number of aromatic nitrogens is 1. The molecular formula is C35H53NO2. The van der Waals surface area contributed by atoms with Crippen LogP contribution in [-0.4, -0.2) is 11.0 Å². The Morgan fingerprint density at radius 2 is 1.34 bits per heavy atom. The molecule has 1 aliphatic carbocycles. The number of esters is 1. The van der Waals surface area contributed by atoms with Crippen LogP contribution in [0.5, 0.6) is 5.75 Å². The fourth-order valence-corrected chi connectivity index (χ4v) is 5.82. The molecule has 0 saturated heterocycles. The normalized spacial score (nSPS) is 17.4. The molecular weight excluding hydrogens is 466 g/mol. The van der Waals surface area contributed by atoms with Gasteiger partial charge in [0, 0.05) is 11.8 Å². The lowest BCUT2D eigenvalue weighted by Gasteiger charge is -2.27. The van der Waals surface area contributed by atoms with Crippen molar-refractivity contribution in [3.05, 3.63) is 48.2 Å². The van der Waals surface area contributed by atoms with Gasteiger partial charge in [0.1, 0.15) is 5.75 Å². The minimum absolute atomic E-state index is 0.0522. The van der Waals surface area contributed by atoms with Gasteiger partial charge in [0.15, 0.2) is 0 Å². The summed E-state index contributed by atoms with van der Waals surface area (Å²) in [5.41, 5.74) is 3.34. The predicted molar refractivity (Wildman–Crippen MR) is 160 cm³/mol. The lowest BCUT2D eigenvalue weighted by molar-refractivity contribution is -0.140. The summed E-state index contributed by atoms with van der Waals surface area (Å²) in [6.07, 6.45) is 26.3. The van der Waals surface area contributed by atoms with Gasteiger partial charge in [0.2, 0.25) is 0 Å². The lowest BCUT2D eigenvalue weighted by atomic mass is 9.80. The summed E-state index contributed by atoms with van der Waals surface area (Å²) in [5.74, 6) is 1.45. The van der Waals surface area contributed by atoms with Crippen LogP contribution in [-0.2, 0) is 11.2 Å². The number of nitrogens with zero attached hydrogens (tertiary/aromatic N) is 1. The highest BCUT2D eigenvalue weighted by Gasteiger charge is 2.27. The summed E-state index contributed by atoms with van der Waals surface area (Å²) in [5, 5.41) is 0. The van der Waals surface area contributed by atoms with Crippen LogP contribution >= 0.6 is 0 Å². The van der Waals surface area contributed by atoms with Gasteiger partial charge in [-0.2, -0.15) is 0 Å². The Morgan fingerprint density at radius 3 is 1.95 bits per heavy atom. The van der Waals surface area contributed by atoms with E-state index in [9.17, 15) is 4.79 Å². The van der Waals surface area contributed by atoms with E-state index in [1.54, 1.807) is 0 Å². The molecule has 1 heterocycles. The molecule has 0 radical (unpaired) electrons. The molecule has 1 saturated carbocycles. The van der Waals surface area contributed by atoms with Gasteiger partial charge in [0.25, 0.3) is 0 Å². The molecule has 1 aromatic carbocycles.